The Bertz CT molecular complexity index is 795. The summed E-state index contributed by atoms with van der Waals surface area (Å²) in [5, 5.41) is 0. The zero-order chi connectivity index (χ0) is 21.7. The van der Waals surface area contributed by atoms with Crippen LogP contribution in [0.2, 0.25) is 0 Å². The molecular weight excluding hydrogens is 391 g/mol. The van der Waals surface area contributed by atoms with Crippen molar-refractivity contribution in [1.82, 2.24) is 9.80 Å². The number of methoxy groups -OCH3 is 1. The van der Waals surface area contributed by atoms with Crippen LogP contribution in [0.5, 0.6) is 0 Å². The lowest BCUT2D eigenvalue weighted by Gasteiger charge is -2.31. The van der Waals surface area contributed by atoms with Crippen molar-refractivity contribution in [2.75, 3.05) is 40.0 Å². The summed E-state index contributed by atoms with van der Waals surface area (Å²) in [5.74, 6) is -1.85. The second kappa shape index (κ2) is 9.66. The zero-order valence-electron chi connectivity index (χ0n) is 17.6. The van der Waals surface area contributed by atoms with Crippen LogP contribution >= 0.6 is 0 Å². The van der Waals surface area contributed by atoms with Gasteiger partial charge in [0, 0.05) is 45.2 Å². The van der Waals surface area contributed by atoms with E-state index >= 15 is 0 Å². The summed E-state index contributed by atoms with van der Waals surface area (Å²) in [6.45, 7) is 3.66. The summed E-state index contributed by atoms with van der Waals surface area (Å²) in [7, 11) is 1.48. The first-order valence-electron chi connectivity index (χ1n) is 10.4. The third kappa shape index (κ3) is 4.39. The lowest BCUT2D eigenvalue weighted by molar-refractivity contribution is -0.143. The molecule has 2 aliphatic rings. The Morgan fingerprint density at radius 2 is 2.13 bits per heavy atom. The highest BCUT2D eigenvalue weighted by Crippen LogP contribution is 2.41. The van der Waals surface area contributed by atoms with Crippen LogP contribution in [0.1, 0.15) is 38.2 Å². The van der Waals surface area contributed by atoms with E-state index in [1.165, 1.54) is 25.3 Å². The van der Waals surface area contributed by atoms with Gasteiger partial charge in [0.2, 0.25) is 17.7 Å². The van der Waals surface area contributed by atoms with Gasteiger partial charge in [0.25, 0.3) is 0 Å². The number of imide groups is 1. The van der Waals surface area contributed by atoms with E-state index in [-0.39, 0.29) is 43.6 Å². The third-order valence-electron chi connectivity index (χ3n) is 5.95. The van der Waals surface area contributed by atoms with Crippen molar-refractivity contribution in [2.24, 2.45) is 0 Å². The molecule has 164 valence electrons. The summed E-state index contributed by atoms with van der Waals surface area (Å²) >= 11 is 0. The van der Waals surface area contributed by atoms with Gasteiger partial charge in [-0.2, -0.15) is 0 Å². The van der Waals surface area contributed by atoms with Gasteiger partial charge in [-0.1, -0.05) is 18.2 Å². The van der Waals surface area contributed by atoms with Crippen LogP contribution in [-0.4, -0.2) is 73.6 Å². The van der Waals surface area contributed by atoms with Gasteiger partial charge >= 0.3 is 0 Å². The standard InChI is InChI=1S/C22H29FN2O5/c1-3-24(15-16-7-6-11-30-16)19(26)13-22(17-8-4-5-9-18(17)23)14-20(27)25(21(22)28)10-12-29-2/h4-5,8-9,16H,3,6-7,10-15H2,1-2H3/t16-,22+/m1/s1. The normalized spacial score (nSPS) is 24.0. The Labute approximate surface area is 176 Å². The Kier molecular flexibility index (Phi) is 7.20. The van der Waals surface area contributed by atoms with Crippen molar-refractivity contribution in [2.45, 2.75) is 44.1 Å². The monoisotopic (exact) mass is 420 g/mol. The predicted octanol–water partition coefficient (Wildman–Crippen LogP) is 1.89. The Hall–Kier alpha value is -2.32. The molecular formula is C22H29FN2O5. The van der Waals surface area contributed by atoms with Gasteiger partial charge in [-0.3, -0.25) is 19.3 Å². The van der Waals surface area contributed by atoms with Crippen LogP contribution in [-0.2, 0) is 29.3 Å². The fourth-order valence-corrected chi connectivity index (χ4v) is 4.31. The van der Waals surface area contributed by atoms with E-state index in [0.717, 1.165) is 17.7 Å². The maximum atomic E-state index is 14.8. The molecule has 2 heterocycles. The number of carbonyl (C=O) groups excluding carboxylic acids is 3. The van der Waals surface area contributed by atoms with Crippen molar-refractivity contribution in [1.29, 1.82) is 0 Å². The fraction of sp³-hybridized carbons (Fsp3) is 0.591. The van der Waals surface area contributed by atoms with E-state index in [2.05, 4.69) is 0 Å². The van der Waals surface area contributed by atoms with Crippen molar-refractivity contribution < 1.29 is 28.2 Å². The Morgan fingerprint density at radius 3 is 2.77 bits per heavy atom. The lowest BCUT2D eigenvalue weighted by Crippen LogP contribution is -2.45. The molecule has 3 amide bonds. The molecule has 7 nitrogen and oxygen atoms in total. The molecule has 0 bridgehead atoms. The van der Waals surface area contributed by atoms with E-state index in [0.29, 0.717) is 19.7 Å². The summed E-state index contributed by atoms with van der Waals surface area (Å²) in [5.41, 5.74) is -1.46. The lowest BCUT2D eigenvalue weighted by atomic mass is 9.75. The van der Waals surface area contributed by atoms with Crippen LogP contribution < -0.4 is 0 Å². The fourth-order valence-electron chi connectivity index (χ4n) is 4.31. The summed E-state index contributed by atoms with van der Waals surface area (Å²) in [4.78, 5) is 42.0. The molecule has 0 N–H and O–H groups in total. The van der Waals surface area contributed by atoms with Crippen LogP contribution in [0.4, 0.5) is 4.39 Å². The number of amides is 3. The van der Waals surface area contributed by atoms with Gasteiger partial charge in [0.15, 0.2) is 0 Å². The second-order valence-corrected chi connectivity index (χ2v) is 7.83. The first-order chi connectivity index (χ1) is 14.4. The first-order valence-corrected chi connectivity index (χ1v) is 10.4. The molecule has 0 saturated carbocycles. The second-order valence-electron chi connectivity index (χ2n) is 7.83. The van der Waals surface area contributed by atoms with Gasteiger partial charge in [-0.25, -0.2) is 4.39 Å². The molecule has 1 aromatic carbocycles. The molecule has 2 aliphatic heterocycles. The smallest absolute Gasteiger partial charge is 0.241 e. The number of carbonyl (C=O) groups is 3. The van der Waals surface area contributed by atoms with Crippen LogP contribution in [0.25, 0.3) is 0 Å². The molecule has 8 heteroatoms. The van der Waals surface area contributed by atoms with Crippen LogP contribution in [0.3, 0.4) is 0 Å². The third-order valence-corrected chi connectivity index (χ3v) is 5.95. The average Bonchev–Trinajstić information content (AvgIpc) is 3.32. The van der Waals surface area contributed by atoms with E-state index in [1.54, 1.807) is 11.0 Å². The first kappa shape index (κ1) is 22.4. The molecule has 2 atom stereocenters. The molecule has 2 fully saturated rings. The molecule has 0 aliphatic carbocycles. The molecule has 30 heavy (non-hydrogen) atoms. The SMILES string of the molecule is CCN(C[C@H]1CCCO1)C(=O)C[C@@]1(c2ccccc2F)CC(=O)N(CCOC)C1=O. The molecule has 0 radical (unpaired) electrons. The number of ether oxygens (including phenoxy) is 2. The van der Waals surface area contributed by atoms with E-state index in [9.17, 15) is 18.8 Å². The molecule has 3 rings (SSSR count). The number of likely N-dealkylation sites (tertiary alicyclic amines) is 1. The maximum Gasteiger partial charge on any atom is 0.241 e. The van der Waals surface area contributed by atoms with Crippen molar-refractivity contribution in [3.05, 3.63) is 35.6 Å². The van der Waals surface area contributed by atoms with Gasteiger partial charge in [0.1, 0.15) is 5.82 Å². The number of hydrogen-bond donors (Lipinski definition) is 0. The number of halogens is 1. The average molecular weight is 420 g/mol. The molecule has 1 aromatic rings. The number of benzene rings is 1. The van der Waals surface area contributed by atoms with E-state index in [4.69, 9.17) is 9.47 Å². The molecule has 0 spiro atoms. The van der Waals surface area contributed by atoms with Crippen molar-refractivity contribution in [3.63, 3.8) is 0 Å². The highest BCUT2D eigenvalue weighted by atomic mass is 19.1. The van der Waals surface area contributed by atoms with Gasteiger partial charge in [0.05, 0.1) is 24.7 Å². The van der Waals surface area contributed by atoms with Gasteiger partial charge < -0.3 is 14.4 Å². The number of likely N-dealkylation sites (N-methyl/N-ethyl adjacent to an activating group) is 1. The largest absolute Gasteiger partial charge is 0.383 e. The minimum absolute atomic E-state index is 0.0302. The predicted molar refractivity (Wildman–Crippen MR) is 107 cm³/mol. The summed E-state index contributed by atoms with van der Waals surface area (Å²) in [6.07, 6.45) is 1.31. The highest BCUT2D eigenvalue weighted by molar-refractivity contribution is 6.10. The van der Waals surface area contributed by atoms with Crippen molar-refractivity contribution in [3.8, 4) is 0 Å². The number of hydrogen-bond acceptors (Lipinski definition) is 5. The van der Waals surface area contributed by atoms with E-state index < -0.39 is 23.0 Å². The quantitative estimate of drug-likeness (QED) is 0.571. The minimum atomic E-state index is -1.54. The number of nitrogens with zero attached hydrogens (tertiary/aromatic N) is 2. The highest BCUT2D eigenvalue weighted by Gasteiger charge is 2.55. The van der Waals surface area contributed by atoms with Crippen molar-refractivity contribution >= 4 is 17.7 Å². The summed E-state index contributed by atoms with van der Waals surface area (Å²) in [6, 6.07) is 5.88. The molecule has 0 unspecified atom stereocenters. The van der Waals surface area contributed by atoms with Crippen LogP contribution in [0.15, 0.2) is 24.3 Å². The molecule has 2 saturated heterocycles. The molecule has 0 aromatic heterocycles. The topological polar surface area (TPSA) is 76.2 Å². The Morgan fingerprint density at radius 1 is 1.37 bits per heavy atom. The van der Waals surface area contributed by atoms with Gasteiger partial charge in [-0.05, 0) is 25.8 Å². The number of rotatable bonds is 9. The summed E-state index contributed by atoms with van der Waals surface area (Å²) < 4.78 is 25.4. The zero-order valence-corrected chi connectivity index (χ0v) is 17.6. The minimum Gasteiger partial charge on any atom is -0.383 e. The van der Waals surface area contributed by atoms with E-state index in [1.807, 2.05) is 6.92 Å². The Balaban J connectivity index is 1.90. The maximum absolute atomic E-state index is 14.8. The van der Waals surface area contributed by atoms with Crippen LogP contribution in [0, 0.1) is 5.82 Å². The van der Waals surface area contributed by atoms with Gasteiger partial charge in [-0.15, -0.1) is 0 Å².